The van der Waals surface area contributed by atoms with Crippen LogP contribution in [0.25, 0.3) is 0 Å². The minimum atomic E-state index is -3.53. The fraction of sp³-hybridized carbons (Fsp3) is 0.364. The molecular weight excluding hydrogens is 252 g/mol. The maximum absolute atomic E-state index is 12.1. The van der Waals surface area contributed by atoms with Gasteiger partial charge in [0.15, 0.2) is 0 Å². The topological polar surface area (TPSA) is 85.2 Å². The van der Waals surface area contributed by atoms with Crippen LogP contribution in [0.5, 0.6) is 0 Å². The lowest BCUT2D eigenvalue weighted by Crippen LogP contribution is -2.48. The summed E-state index contributed by atoms with van der Waals surface area (Å²) in [6.07, 6.45) is 0. The molecule has 0 radical (unpaired) electrons. The van der Waals surface area contributed by atoms with E-state index in [1.807, 2.05) is 6.07 Å². The molecule has 0 amide bonds. The maximum atomic E-state index is 12.1. The first-order chi connectivity index (χ1) is 8.62. The van der Waals surface area contributed by atoms with Crippen molar-refractivity contribution in [3.05, 3.63) is 29.8 Å². The summed E-state index contributed by atoms with van der Waals surface area (Å²) in [5, 5.41) is 11.9. The highest BCUT2D eigenvalue weighted by atomic mass is 32.2. The number of nitrogens with one attached hydrogen (secondary N) is 2. The smallest absolute Gasteiger partial charge is 0.301 e. The molecule has 0 saturated carbocycles. The zero-order chi connectivity index (χ0) is 13.0. The van der Waals surface area contributed by atoms with Crippen LogP contribution < -0.4 is 10.0 Å². The number of nitriles is 1. The fourth-order valence-corrected chi connectivity index (χ4v) is 2.97. The first-order valence-electron chi connectivity index (χ1n) is 5.60. The lowest BCUT2D eigenvalue weighted by molar-refractivity contribution is 0.362. The predicted octanol–water partition coefficient (Wildman–Crippen LogP) is 0.120. The summed E-state index contributed by atoms with van der Waals surface area (Å²) >= 11 is 0. The number of anilines is 1. The van der Waals surface area contributed by atoms with Gasteiger partial charge in [0.05, 0.1) is 17.3 Å². The Kier molecular flexibility index (Phi) is 3.81. The molecule has 2 N–H and O–H groups in total. The summed E-state index contributed by atoms with van der Waals surface area (Å²) in [5.74, 6) is 0. The van der Waals surface area contributed by atoms with Gasteiger partial charge in [0.25, 0.3) is 0 Å². The number of hydrogen-bond donors (Lipinski definition) is 2. The van der Waals surface area contributed by atoms with E-state index in [1.54, 1.807) is 18.2 Å². The van der Waals surface area contributed by atoms with E-state index < -0.39 is 10.2 Å². The highest BCUT2D eigenvalue weighted by Gasteiger charge is 2.23. The zero-order valence-electron chi connectivity index (χ0n) is 9.76. The summed E-state index contributed by atoms with van der Waals surface area (Å²) in [6, 6.07) is 8.39. The number of piperazine rings is 1. The van der Waals surface area contributed by atoms with Crippen molar-refractivity contribution in [2.24, 2.45) is 0 Å². The van der Waals surface area contributed by atoms with Crippen molar-refractivity contribution >= 4 is 15.9 Å². The number of nitrogens with zero attached hydrogens (tertiary/aromatic N) is 2. The lowest BCUT2D eigenvalue weighted by atomic mass is 10.2. The Balaban J connectivity index is 2.14. The molecular formula is C11H14N4O2S. The van der Waals surface area contributed by atoms with Gasteiger partial charge < -0.3 is 5.32 Å². The third kappa shape index (κ3) is 2.98. The third-order valence-electron chi connectivity index (χ3n) is 2.65. The number of benzene rings is 1. The molecule has 0 aromatic heterocycles. The van der Waals surface area contributed by atoms with Crippen molar-refractivity contribution < 1.29 is 8.42 Å². The van der Waals surface area contributed by atoms with Crippen LogP contribution in [0.3, 0.4) is 0 Å². The fourth-order valence-electron chi connectivity index (χ4n) is 1.75. The minimum absolute atomic E-state index is 0.410. The van der Waals surface area contributed by atoms with E-state index in [-0.39, 0.29) is 0 Å². The number of hydrogen-bond acceptors (Lipinski definition) is 4. The molecule has 1 fully saturated rings. The van der Waals surface area contributed by atoms with Crippen molar-refractivity contribution in [3.63, 3.8) is 0 Å². The SMILES string of the molecule is N#Cc1cccc(NS(=O)(=O)N2CCNCC2)c1. The van der Waals surface area contributed by atoms with E-state index in [4.69, 9.17) is 5.26 Å². The summed E-state index contributed by atoms with van der Waals surface area (Å²) in [4.78, 5) is 0. The van der Waals surface area contributed by atoms with Crippen LogP contribution in [0.1, 0.15) is 5.56 Å². The highest BCUT2D eigenvalue weighted by Crippen LogP contribution is 2.13. The molecule has 1 heterocycles. The molecule has 1 aliphatic heterocycles. The summed E-state index contributed by atoms with van der Waals surface area (Å²) in [7, 11) is -3.53. The Morgan fingerprint density at radius 2 is 2.06 bits per heavy atom. The van der Waals surface area contributed by atoms with E-state index in [0.29, 0.717) is 37.4 Å². The Morgan fingerprint density at radius 1 is 1.33 bits per heavy atom. The van der Waals surface area contributed by atoms with Gasteiger partial charge in [-0.05, 0) is 18.2 Å². The van der Waals surface area contributed by atoms with Gasteiger partial charge in [-0.25, -0.2) is 0 Å². The van der Waals surface area contributed by atoms with Crippen LogP contribution in [0.15, 0.2) is 24.3 Å². The molecule has 0 bridgehead atoms. The van der Waals surface area contributed by atoms with Gasteiger partial charge in [-0.3, -0.25) is 4.72 Å². The molecule has 1 aromatic rings. The van der Waals surface area contributed by atoms with Crippen molar-refractivity contribution in [2.45, 2.75) is 0 Å². The second-order valence-electron chi connectivity index (χ2n) is 3.95. The van der Waals surface area contributed by atoms with E-state index in [2.05, 4.69) is 10.0 Å². The van der Waals surface area contributed by atoms with Crippen molar-refractivity contribution in [3.8, 4) is 6.07 Å². The van der Waals surface area contributed by atoms with Crippen molar-refractivity contribution in [1.82, 2.24) is 9.62 Å². The Morgan fingerprint density at radius 3 is 2.72 bits per heavy atom. The van der Waals surface area contributed by atoms with E-state index in [9.17, 15) is 8.42 Å². The zero-order valence-corrected chi connectivity index (χ0v) is 10.6. The van der Waals surface area contributed by atoms with Crippen LogP contribution in [-0.2, 0) is 10.2 Å². The minimum Gasteiger partial charge on any atom is -0.314 e. The van der Waals surface area contributed by atoms with Gasteiger partial charge in [0.1, 0.15) is 0 Å². The summed E-state index contributed by atoms with van der Waals surface area (Å²) in [5.41, 5.74) is 0.836. The quantitative estimate of drug-likeness (QED) is 0.813. The molecule has 7 heteroatoms. The molecule has 1 aliphatic rings. The van der Waals surface area contributed by atoms with Gasteiger partial charge in [0.2, 0.25) is 0 Å². The molecule has 1 aromatic carbocycles. The van der Waals surface area contributed by atoms with Crippen LogP contribution in [-0.4, -0.2) is 38.9 Å². The molecule has 0 aliphatic carbocycles. The van der Waals surface area contributed by atoms with Gasteiger partial charge >= 0.3 is 10.2 Å². The number of rotatable bonds is 3. The molecule has 0 atom stereocenters. The maximum Gasteiger partial charge on any atom is 0.301 e. The standard InChI is InChI=1S/C11H14N4O2S/c12-9-10-2-1-3-11(8-10)14-18(16,17)15-6-4-13-5-7-15/h1-3,8,13-14H,4-7H2. The van der Waals surface area contributed by atoms with Gasteiger partial charge in [-0.15, -0.1) is 0 Å². The molecule has 2 rings (SSSR count). The van der Waals surface area contributed by atoms with Crippen molar-refractivity contribution in [1.29, 1.82) is 5.26 Å². The van der Waals surface area contributed by atoms with E-state index in [0.717, 1.165) is 0 Å². The normalized spacial score (nSPS) is 17.1. The molecule has 6 nitrogen and oxygen atoms in total. The van der Waals surface area contributed by atoms with Gasteiger partial charge in [-0.1, -0.05) is 6.07 Å². The average Bonchev–Trinajstić information content (AvgIpc) is 2.39. The predicted molar refractivity (Wildman–Crippen MR) is 68.1 cm³/mol. The van der Waals surface area contributed by atoms with Crippen molar-refractivity contribution in [2.75, 3.05) is 30.9 Å². The summed E-state index contributed by atoms with van der Waals surface area (Å²) in [6.45, 7) is 2.21. The Hall–Kier alpha value is -1.62. The highest BCUT2D eigenvalue weighted by molar-refractivity contribution is 7.90. The second kappa shape index (κ2) is 5.35. The summed E-state index contributed by atoms with van der Waals surface area (Å²) < 4.78 is 28.0. The van der Waals surface area contributed by atoms with Crippen LogP contribution in [0.4, 0.5) is 5.69 Å². The molecule has 18 heavy (non-hydrogen) atoms. The van der Waals surface area contributed by atoms with E-state index in [1.165, 1.54) is 10.4 Å². The molecule has 0 spiro atoms. The average molecular weight is 266 g/mol. The molecule has 0 unspecified atom stereocenters. The second-order valence-corrected chi connectivity index (χ2v) is 5.62. The van der Waals surface area contributed by atoms with E-state index >= 15 is 0 Å². The monoisotopic (exact) mass is 266 g/mol. The molecule has 1 saturated heterocycles. The largest absolute Gasteiger partial charge is 0.314 e. The van der Waals surface area contributed by atoms with Gasteiger partial charge in [-0.2, -0.15) is 18.0 Å². The Labute approximate surface area is 106 Å². The first-order valence-corrected chi connectivity index (χ1v) is 7.04. The van der Waals surface area contributed by atoms with Crippen LogP contribution in [0, 0.1) is 11.3 Å². The first kappa shape index (κ1) is 12.8. The molecule has 96 valence electrons. The van der Waals surface area contributed by atoms with Crippen LogP contribution >= 0.6 is 0 Å². The van der Waals surface area contributed by atoms with Gasteiger partial charge in [0, 0.05) is 26.2 Å². The van der Waals surface area contributed by atoms with Crippen LogP contribution in [0.2, 0.25) is 0 Å². The third-order valence-corrected chi connectivity index (χ3v) is 4.19. The lowest BCUT2D eigenvalue weighted by Gasteiger charge is -2.26. The Bertz CT molecular complexity index is 559.